The second-order valence-corrected chi connectivity index (χ2v) is 7.78. The second-order valence-electron chi connectivity index (χ2n) is 7.78. The van der Waals surface area contributed by atoms with Crippen molar-refractivity contribution in [3.8, 4) is 5.75 Å². The lowest BCUT2D eigenvalue weighted by Gasteiger charge is -2.34. The Balaban J connectivity index is 0.000000316. The first-order valence-corrected chi connectivity index (χ1v) is 11.5. The fourth-order valence-corrected chi connectivity index (χ4v) is 4.54. The molecule has 0 bridgehead atoms. The number of aromatic hydroxyl groups is 1. The molecule has 2 atom stereocenters. The molecule has 0 spiro atoms. The summed E-state index contributed by atoms with van der Waals surface area (Å²) >= 11 is 0. The van der Waals surface area contributed by atoms with Crippen LogP contribution in [0.3, 0.4) is 0 Å². The molecule has 1 fully saturated rings. The van der Waals surface area contributed by atoms with Crippen LogP contribution in [0.2, 0.25) is 0 Å². The van der Waals surface area contributed by atoms with Crippen molar-refractivity contribution in [1.82, 2.24) is 5.32 Å². The summed E-state index contributed by atoms with van der Waals surface area (Å²) in [6.45, 7) is 6.50. The van der Waals surface area contributed by atoms with Crippen LogP contribution in [0.25, 0.3) is 0 Å². The van der Waals surface area contributed by atoms with E-state index in [1.54, 1.807) is 12.1 Å². The van der Waals surface area contributed by atoms with Crippen LogP contribution in [-0.2, 0) is 6.42 Å². The van der Waals surface area contributed by atoms with Crippen molar-refractivity contribution in [3.05, 3.63) is 101 Å². The van der Waals surface area contributed by atoms with Gasteiger partial charge in [0.2, 0.25) is 0 Å². The highest BCUT2D eigenvalue weighted by atomic mass is 16.3. The van der Waals surface area contributed by atoms with Crippen molar-refractivity contribution in [2.24, 2.45) is 0 Å². The maximum absolute atomic E-state index is 9.63. The van der Waals surface area contributed by atoms with Crippen molar-refractivity contribution < 1.29 is 5.11 Å². The Labute approximate surface area is 182 Å². The van der Waals surface area contributed by atoms with Gasteiger partial charge < -0.3 is 10.4 Å². The number of fused-ring (bicyclic) bond motifs is 1. The largest absolute Gasteiger partial charge is 0.508 e. The molecule has 2 aliphatic rings. The third-order valence-electron chi connectivity index (χ3n) is 5.95. The van der Waals surface area contributed by atoms with Crippen molar-refractivity contribution in [1.29, 1.82) is 0 Å². The zero-order valence-corrected chi connectivity index (χ0v) is 18.4. The first-order chi connectivity index (χ1) is 14.8. The summed E-state index contributed by atoms with van der Waals surface area (Å²) in [5.74, 6) is 1.16. The Hall–Kier alpha value is -2.58. The molecular formula is C28H35NO. The number of phenolic OH excluding ortho intramolecular Hbond substituents is 1. The molecule has 0 aromatic heterocycles. The Morgan fingerprint density at radius 1 is 0.733 bits per heavy atom. The van der Waals surface area contributed by atoms with Gasteiger partial charge in [0.1, 0.15) is 5.75 Å². The fraction of sp³-hybridized carbons (Fsp3) is 0.357. The smallest absolute Gasteiger partial charge is 0.115 e. The molecule has 2 N–H and O–H groups in total. The SMILES string of the molecule is C1CCNC1.CC.Oc1ccc(C2c3ccccc3CCC2c2ccccc2)cc1. The predicted octanol–water partition coefficient (Wildman–Crippen LogP) is 6.65. The Bertz CT molecular complexity index is 861. The molecular weight excluding hydrogens is 366 g/mol. The monoisotopic (exact) mass is 401 g/mol. The van der Waals surface area contributed by atoms with E-state index in [0.29, 0.717) is 17.6 Å². The second kappa shape index (κ2) is 11.6. The molecule has 0 radical (unpaired) electrons. The molecule has 2 heteroatoms. The normalized spacial score (nSPS) is 19.5. The highest BCUT2D eigenvalue weighted by molar-refractivity contribution is 5.45. The predicted molar refractivity (Wildman–Crippen MR) is 127 cm³/mol. The standard InChI is InChI=1S/C22H20O.C4H9N.C2H6/c23-19-13-10-18(11-14-19)22-20-9-5-4-8-17(20)12-15-21(22)16-6-2-1-3-7-16;1-2-4-5-3-1;1-2/h1-11,13-14,21-23H,12,15H2;5H,1-4H2;1-2H3. The van der Waals surface area contributed by atoms with Crippen LogP contribution in [0.1, 0.15) is 67.2 Å². The third-order valence-corrected chi connectivity index (χ3v) is 5.95. The average Bonchev–Trinajstić information content (AvgIpc) is 3.41. The molecule has 0 saturated carbocycles. The minimum atomic E-state index is 0.328. The van der Waals surface area contributed by atoms with Gasteiger partial charge in [-0.15, -0.1) is 0 Å². The average molecular weight is 402 g/mol. The van der Waals surface area contributed by atoms with Crippen molar-refractivity contribution in [2.75, 3.05) is 13.1 Å². The van der Waals surface area contributed by atoms with E-state index < -0.39 is 0 Å². The zero-order chi connectivity index (χ0) is 21.2. The summed E-state index contributed by atoms with van der Waals surface area (Å²) in [4.78, 5) is 0. The van der Waals surface area contributed by atoms with Crippen LogP contribution in [0.15, 0.2) is 78.9 Å². The lowest BCUT2D eigenvalue weighted by Crippen LogP contribution is -2.20. The topological polar surface area (TPSA) is 32.3 Å². The summed E-state index contributed by atoms with van der Waals surface area (Å²) in [6.07, 6.45) is 5.07. The molecule has 0 amide bonds. The van der Waals surface area contributed by atoms with Gasteiger partial charge in [-0.05, 0) is 79.1 Å². The number of hydrogen-bond acceptors (Lipinski definition) is 2. The van der Waals surface area contributed by atoms with Gasteiger partial charge in [0.05, 0.1) is 0 Å². The number of aryl methyl sites for hydroxylation is 1. The van der Waals surface area contributed by atoms with Crippen LogP contribution in [0, 0.1) is 0 Å². The van der Waals surface area contributed by atoms with E-state index in [1.165, 1.54) is 48.2 Å². The zero-order valence-electron chi connectivity index (χ0n) is 18.4. The van der Waals surface area contributed by atoms with E-state index in [0.717, 1.165) is 12.8 Å². The maximum Gasteiger partial charge on any atom is 0.115 e. The van der Waals surface area contributed by atoms with Gasteiger partial charge in [0.25, 0.3) is 0 Å². The van der Waals surface area contributed by atoms with E-state index in [9.17, 15) is 5.11 Å². The Kier molecular flexibility index (Phi) is 8.53. The van der Waals surface area contributed by atoms with Crippen LogP contribution in [0.5, 0.6) is 5.75 Å². The molecule has 2 unspecified atom stereocenters. The summed E-state index contributed by atoms with van der Waals surface area (Å²) in [5.41, 5.74) is 5.57. The number of rotatable bonds is 2. The molecule has 1 heterocycles. The van der Waals surface area contributed by atoms with Crippen LogP contribution >= 0.6 is 0 Å². The molecule has 2 nitrogen and oxygen atoms in total. The molecule has 1 saturated heterocycles. The number of nitrogens with one attached hydrogen (secondary N) is 1. The van der Waals surface area contributed by atoms with Crippen molar-refractivity contribution in [3.63, 3.8) is 0 Å². The van der Waals surface area contributed by atoms with Gasteiger partial charge in [-0.25, -0.2) is 0 Å². The summed E-state index contributed by atoms with van der Waals surface area (Å²) in [7, 11) is 0. The van der Waals surface area contributed by atoms with E-state index in [2.05, 4.69) is 72.0 Å². The molecule has 3 aromatic carbocycles. The lowest BCUT2D eigenvalue weighted by molar-refractivity contribution is 0.474. The van der Waals surface area contributed by atoms with E-state index in [1.807, 2.05) is 13.8 Å². The summed E-state index contributed by atoms with van der Waals surface area (Å²) in [6, 6.07) is 27.3. The number of hydrogen-bond donors (Lipinski definition) is 2. The lowest BCUT2D eigenvalue weighted by atomic mass is 9.69. The molecule has 158 valence electrons. The fourth-order valence-electron chi connectivity index (χ4n) is 4.54. The van der Waals surface area contributed by atoms with Crippen molar-refractivity contribution >= 4 is 0 Å². The van der Waals surface area contributed by atoms with E-state index in [4.69, 9.17) is 0 Å². The highest BCUT2D eigenvalue weighted by Gasteiger charge is 2.31. The molecule has 5 rings (SSSR count). The molecule has 1 aliphatic heterocycles. The van der Waals surface area contributed by atoms with Gasteiger partial charge in [0.15, 0.2) is 0 Å². The number of phenols is 1. The minimum absolute atomic E-state index is 0.328. The van der Waals surface area contributed by atoms with Crippen LogP contribution < -0.4 is 5.32 Å². The van der Waals surface area contributed by atoms with Crippen molar-refractivity contribution in [2.45, 2.75) is 51.4 Å². The van der Waals surface area contributed by atoms with Gasteiger partial charge in [-0.1, -0.05) is 80.6 Å². The van der Waals surface area contributed by atoms with Gasteiger partial charge in [-0.2, -0.15) is 0 Å². The van der Waals surface area contributed by atoms with E-state index in [-0.39, 0.29) is 0 Å². The first-order valence-electron chi connectivity index (χ1n) is 11.5. The van der Waals surface area contributed by atoms with E-state index >= 15 is 0 Å². The Morgan fingerprint density at radius 3 is 2.00 bits per heavy atom. The van der Waals surface area contributed by atoms with Crippen LogP contribution in [-0.4, -0.2) is 18.2 Å². The van der Waals surface area contributed by atoms with Gasteiger partial charge in [-0.3, -0.25) is 0 Å². The highest BCUT2D eigenvalue weighted by Crippen LogP contribution is 2.46. The quantitative estimate of drug-likeness (QED) is 0.504. The number of benzene rings is 3. The van der Waals surface area contributed by atoms with Crippen LogP contribution in [0.4, 0.5) is 0 Å². The molecule has 3 aromatic rings. The van der Waals surface area contributed by atoms with Gasteiger partial charge in [0, 0.05) is 5.92 Å². The maximum atomic E-state index is 9.63. The third kappa shape index (κ3) is 5.52. The summed E-state index contributed by atoms with van der Waals surface area (Å²) < 4.78 is 0. The Morgan fingerprint density at radius 2 is 1.37 bits per heavy atom. The summed E-state index contributed by atoms with van der Waals surface area (Å²) in [5, 5.41) is 12.9. The molecule has 30 heavy (non-hydrogen) atoms. The minimum Gasteiger partial charge on any atom is -0.508 e. The molecule has 1 aliphatic carbocycles. The first kappa shape index (κ1) is 22.1. The van der Waals surface area contributed by atoms with Gasteiger partial charge >= 0.3 is 0 Å².